The van der Waals surface area contributed by atoms with Crippen LogP contribution in [-0.4, -0.2) is 21.3 Å². The van der Waals surface area contributed by atoms with Crippen LogP contribution < -0.4 is 5.32 Å². The summed E-state index contributed by atoms with van der Waals surface area (Å²) < 4.78 is 2.00. The Kier molecular flexibility index (Phi) is 10.2. The first-order valence-corrected chi connectivity index (χ1v) is 8.45. The van der Waals surface area contributed by atoms with E-state index in [9.17, 15) is 0 Å². The molecule has 1 N–H and O–H groups in total. The summed E-state index contributed by atoms with van der Waals surface area (Å²) in [6.07, 6.45) is 13.8. The molecule has 1 rings (SSSR count). The second kappa shape index (κ2) is 11.9. The first-order valence-electron chi connectivity index (χ1n) is 8.45. The minimum absolute atomic E-state index is 0.844. The molecule has 116 valence electrons. The standard InChI is InChI=1S/C16H32N4/c1-3-5-6-7-8-9-10-11-12-17-14-16-18-15-19-20(16)13-4-2/h15,17H,3-14H2,1-2H3. The highest BCUT2D eigenvalue weighted by atomic mass is 15.3. The Morgan fingerprint density at radius 3 is 2.35 bits per heavy atom. The number of rotatable bonds is 13. The molecule has 1 aromatic rings. The predicted octanol–water partition coefficient (Wildman–Crippen LogP) is 3.92. The smallest absolute Gasteiger partial charge is 0.140 e. The number of hydrogen-bond acceptors (Lipinski definition) is 3. The zero-order chi connectivity index (χ0) is 14.5. The van der Waals surface area contributed by atoms with Gasteiger partial charge in [0.1, 0.15) is 12.2 Å². The maximum atomic E-state index is 4.30. The molecule has 0 aliphatic heterocycles. The lowest BCUT2D eigenvalue weighted by molar-refractivity contribution is 0.523. The largest absolute Gasteiger partial charge is 0.310 e. The SMILES string of the molecule is CCCCCCCCCCNCc1ncnn1CCC. The normalized spacial score (nSPS) is 11.1. The summed E-state index contributed by atoms with van der Waals surface area (Å²) in [5.74, 6) is 1.06. The van der Waals surface area contributed by atoms with Crippen LogP contribution in [0.15, 0.2) is 6.33 Å². The summed E-state index contributed by atoms with van der Waals surface area (Å²) in [7, 11) is 0. The Morgan fingerprint density at radius 2 is 1.65 bits per heavy atom. The lowest BCUT2D eigenvalue weighted by Gasteiger charge is -2.06. The molecule has 0 amide bonds. The average Bonchev–Trinajstić information content (AvgIpc) is 2.89. The highest BCUT2D eigenvalue weighted by molar-refractivity contribution is 4.83. The molecular formula is C16H32N4. The molecular weight excluding hydrogens is 248 g/mol. The van der Waals surface area contributed by atoms with Gasteiger partial charge in [0.15, 0.2) is 0 Å². The van der Waals surface area contributed by atoms with Crippen LogP contribution in [0.2, 0.25) is 0 Å². The highest BCUT2D eigenvalue weighted by Gasteiger charge is 2.02. The maximum Gasteiger partial charge on any atom is 0.140 e. The van der Waals surface area contributed by atoms with E-state index in [0.29, 0.717) is 0 Å². The van der Waals surface area contributed by atoms with Crippen LogP contribution in [0.25, 0.3) is 0 Å². The van der Waals surface area contributed by atoms with Crippen LogP contribution in [0.1, 0.15) is 77.5 Å². The fourth-order valence-electron chi connectivity index (χ4n) is 2.41. The zero-order valence-electron chi connectivity index (χ0n) is 13.4. The first-order chi connectivity index (χ1) is 9.88. The van der Waals surface area contributed by atoms with Gasteiger partial charge in [-0.1, -0.05) is 58.8 Å². The van der Waals surface area contributed by atoms with Gasteiger partial charge in [0.05, 0.1) is 6.54 Å². The Bertz CT molecular complexity index is 322. The van der Waals surface area contributed by atoms with Crippen molar-refractivity contribution in [3.63, 3.8) is 0 Å². The van der Waals surface area contributed by atoms with Crippen molar-refractivity contribution in [1.82, 2.24) is 20.1 Å². The average molecular weight is 280 g/mol. The van der Waals surface area contributed by atoms with Gasteiger partial charge in [0.2, 0.25) is 0 Å². The lowest BCUT2D eigenvalue weighted by atomic mass is 10.1. The van der Waals surface area contributed by atoms with Crippen molar-refractivity contribution in [3.8, 4) is 0 Å². The van der Waals surface area contributed by atoms with Gasteiger partial charge in [-0.3, -0.25) is 0 Å². The number of unbranched alkanes of at least 4 members (excludes halogenated alkanes) is 7. The number of aryl methyl sites for hydroxylation is 1. The second-order valence-corrected chi connectivity index (χ2v) is 5.55. The molecule has 20 heavy (non-hydrogen) atoms. The molecule has 0 aromatic carbocycles. The quantitative estimate of drug-likeness (QED) is 0.557. The topological polar surface area (TPSA) is 42.7 Å². The minimum Gasteiger partial charge on any atom is -0.310 e. The van der Waals surface area contributed by atoms with Gasteiger partial charge in [-0.05, 0) is 19.4 Å². The van der Waals surface area contributed by atoms with Crippen LogP contribution in [0.4, 0.5) is 0 Å². The molecule has 0 fully saturated rings. The summed E-state index contributed by atoms with van der Waals surface area (Å²) in [5, 5.41) is 7.71. The van der Waals surface area contributed by atoms with Gasteiger partial charge < -0.3 is 5.32 Å². The van der Waals surface area contributed by atoms with E-state index in [0.717, 1.165) is 31.9 Å². The molecule has 0 spiro atoms. The molecule has 1 aromatic heterocycles. The molecule has 1 heterocycles. The van der Waals surface area contributed by atoms with E-state index in [1.54, 1.807) is 6.33 Å². The van der Waals surface area contributed by atoms with Crippen molar-refractivity contribution in [2.45, 2.75) is 84.7 Å². The summed E-state index contributed by atoms with van der Waals surface area (Å²) in [5.41, 5.74) is 0. The van der Waals surface area contributed by atoms with Crippen LogP contribution in [-0.2, 0) is 13.1 Å². The summed E-state index contributed by atoms with van der Waals surface area (Å²) >= 11 is 0. The van der Waals surface area contributed by atoms with Gasteiger partial charge in [-0.2, -0.15) is 5.10 Å². The van der Waals surface area contributed by atoms with Crippen LogP contribution in [0.5, 0.6) is 0 Å². The summed E-state index contributed by atoms with van der Waals surface area (Å²) in [6.45, 7) is 7.34. The van der Waals surface area contributed by atoms with Gasteiger partial charge in [-0.25, -0.2) is 9.67 Å². The monoisotopic (exact) mass is 280 g/mol. The van der Waals surface area contributed by atoms with Gasteiger partial charge >= 0.3 is 0 Å². The first kappa shape index (κ1) is 17.2. The van der Waals surface area contributed by atoms with E-state index in [1.165, 1.54) is 51.4 Å². The second-order valence-electron chi connectivity index (χ2n) is 5.55. The number of hydrogen-bond donors (Lipinski definition) is 1. The molecule has 0 bridgehead atoms. The van der Waals surface area contributed by atoms with Crippen LogP contribution >= 0.6 is 0 Å². The Labute approximate surface area is 124 Å². The zero-order valence-corrected chi connectivity index (χ0v) is 13.4. The fourth-order valence-corrected chi connectivity index (χ4v) is 2.41. The van der Waals surface area contributed by atoms with Crippen LogP contribution in [0.3, 0.4) is 0 Å². The molecule has 0 radical (unpaired) electrons. The maximum absolute atomic E-state index is 4.30. The van der Waals surface area contributed by atoms with Crippen molar-refractivity contribution in [2.75, 3.05) is 6.54 Å². The third-order valence-electron chi connectivity index (χ3n) is 3.62. The van der Waals surface area contributed by atoms with Gasteiger partial charge in [0, 0.05) is 6.54 Å². The van der Waals surface area contributed by atoms with Crippen molar-refractivity contribution in [1.29, 1.82) is 0 Å². The van der Waals surface area contributed by atoms with E-state index >= 15 is 0 Å². The molecule has 0 saturated heterocycles. The van der Waals surface area contributed by atoms with Crippen molar-refractivity contribution in [2.24, 2.45) is 0 Å². The molecule has 0 unspecified atom stereocenters. The Hall–Kier alpha value is -0.900. The van der Waals surface area contributed by atoms with Crippen molar-refractivity contribution in [3.05, 3.63) is 12.2 Å². The van der Waals surface area contributed by atoms with Crippen molar-refractivity contribution < 1.29 is 0 Å². The summed E-state index contributed by atoms with van der Waals surface area (Å²) in [6, 6.07) is 0. The minimum atomic E-state index is 0.844. The Balaban J connectivity index is 1.93. The van der Waals surface area contributed by atoms with E-state index in [-0.39, 0.29) is 0 Å². The van der Waals surface area contributed by atoms with Gasteiger partial charge in [-0.15, -0.1) is 0 Å². The van der Waals surface area contributed by atoms with E-state index < -0.39 is 0 Å². The predicted molar refractivity (Wildman–Crippen MR) is 84.6 cm³/mol. The molecule has 0 atom stereocenters. The Morgan fingerprint density at radius 1 is 0.950 bits per heavy atom. The fraction of sp³-hybridized carbons (Fsp3) is 0.875. The van der Waals surface area contributed by atoms with E-state index in [2.05, 4.69) is 29.2 Å². The highest BCUT2D eigenvalue weighted by Crippen LogP contribution is 2.07. The summed E-state index contributed by atoms with van der Waals surface area (Å²) in [4.78, 5) is 4.30. The lowest BCUT2D eigenvalue weighted by Crippen LogP contribution is -2.18. The van der Waals surface area contributed by atoms with Crippen molar-refractivity contribution >= 4 is 0 Å². The number of nitrogens with zero attached hydrogens (tertiary/aromatic N) is 3. The molecule has 0 aliphatic carbocycles. The molecule has 4 heteroatoms. The van der Waals surface area contributed by atoms with Gasteiger partial charge in [0.25, 0.3) is 0 Å². The number of nitrogens with one attached hydrogen (secondary N) is 1. The number of aromatic nitrogens is 3. The van der Waals surface area contributed by atoms with Crippen LogP contribution in [0, 0.1) is 0 Å². The van der Waals surface area contributed by atoms with E-state index in [4.69, 9.17) is 0 Å². The van der Waals surface area contributed by atoms with E-state index in [1.807, 2.05) is 4.68 Å². The third kappa shape index (κ3) is 7.63. The molecule has 0 saturated carbocycles. The third-order valence-corrected chi connectivity index (χ3v) is 3.62. The molecule has 0 aliphatic rings. The molecule has 4 nitrogen and oxygen atoms in total.